The second-order valence-electron chi connectivity index (χ2n) is 3.73. The van der Waals surface area contributed by atoms with E-state index in [9.17, 15) is 10.2 Å². The van der Waals surface area contributed by atoms with E-state index in [4.69, 9.17) is 5.73 Å². The molecule has 0 aliphatic heterocycles. The van der Waals surface area contributed by atoms with Crippen LogP contribution < -0.4 is 5.73 Å². The van der Waals surface area contributed by atoms with Gasteiger partial charge in [0.25, 0.3) is 0 Å². The Hall–Kier alpha value is -0.120. The Labute approximate surface area is 67.2 Å². The van der Waals surface area contributed by atoms with E-state index in [1.54, 1.807) is 6.92 Å². The lowest BCUT2D eigenvalue weighted by Gasteiger charge is -2.25. The highest BCUT2D eigenvalue weighted by Gasteiger charge is 2.40. The Morgan fingerprint density at radius 3 is 2.55 bits per heavy atom. The maximum atomic E-state index is 9.74. The molecular formula is C8H17NO2. The van der Waals surface area contributed by atoms with Crippen LogP contribution in [0.3, 0.4) is 0 Å². The van der Waals surface area contributed by atoms with E-state index in [1.807, 2.05) is 0 Å². The minimum Gasteiger partial charge on any atom is -0.392 e. The molecule has 3 heteroatoms. The van der Waals surface area contributed by atoms with Gasteiger partial charge in [0.15, 0.2) is 0 Å². The fourth-order valence-corrected chi connectivity index (χ4v) is 1.43. The number of rotatable bonds is 4. The molecule has 3 nitrogen and oxygen atoms in total. The molecule has 2 atom stereocenters. The van der Waals surface area contributed by atoms with Gasteiger partial charge in [-0.3, -0.25) is 0 Å². The molecule has 0 amide bonds. The lowest BCUT2D eigenvalue weighted by molar-refractivity contribution is -0.0109. The van der Waals surface area contributed by atoms with Crippen molar-refractivity contribution in [2.45, 2.75) is 37.9 Å². The lowest BCUT2D eigenvalue weighted by Crippen LogP contribution is -2.35. The number of aliphatic hydroxyl groups excluding tert-OH is 1. The summed E-state index contributed by atoms with van der Waals surface area (Å²) in [5.74, 6) is 0.392. The van der Waals surface area contributed by atoms with Crippen molar-refractivity contribution in [2.24, 2.45) is 11.7 Å². The largest absolute Gasteiger partial charge is 0.392 e. The van der Waals surface area contributed by atoms with Crippen molar-refractivity contribution in [3.63, 3.8) is 0 Å². The fraction of sp³-hybridized carbons (Fsp3) is 1.00. The molecule has 1 rings (SSSR count). The van der Waals surface area contributed by atoms with Crippen LogP contribution in [-0.4, -0.2) is 28.5 Å². The average molecular weight is 159 g/mol. The Morgan fingerprint density at radius 1 is 1.64 bits per heavy atom. The van der Waals surface area contributed by atoms with Crippen molar-refractivity contribution < 1.29 is 10.2 Å². The highest BCUT2D eigenvalue weighted by Crippen LogP contribution is 2.41. The van der Waals surface area contributed by atoms with Gasteiger partial charge in [-0.05, 0) is 25.7 Å². The first-order valence-corrected chi connectivity index (χ1v) is 4.17. The standard InChI is InChI=1S/C8H17NO2/c1-8(11,6-2-3-6)4-7(10)5-9/h6-7,10-11H,2-5,9H2,1H3. The average Bonchev–Trinajstić information content (AvgIpc) is 2.66. The van der Waals surface area contributed by atoms with E-state index in [2.05, 4.69) is 0 Å². The molecular weight excluding hydrogens is 142 g/mol. The molecule has 11 heavy (non-hydrogen) atoms. The van der Waals surface area contributed by atoms with Gasteiger partial charge in [0.05, 0.1) is 11.7 Å². The van der Waals surface area contributed by atoms with Crippen molar-refractivity contribution in [2.75, 3.05) is 6.54 Å². The van der Waals surface area contributed by atoms with Crippen LogP contribution in [0.2, 0.25) is 0 Å². The fourth-order valence-electron chi connectivity index (χ4n) is 1.43. The van der Waals surface area contributed by atoms with Crippen molar-refractivity contribution in [3.05, 3.63) is 0 Å². The SMILES string of the molecule is CC(O)(CC(O)CN)C1CC1. The molecule has 1 fully saturated rings. The van der Waals surface area contributed by atoms with Crippen LogP contribution in [0.4, 0.5) is 0 Å². The van der Waals surface area contributed by atoms with Crippen LogP contribution in [0, 0.1) is 5.92 Å². The topological polar surface area (TPSA) is 66.5 Å². The van der Waals surface area contributed by atoms with E-state index >= 15 is 0 Å². The summed E-state index contributed by atoms with van der Waals surface area (Å²) in [5.41, 5.74) is 4.54. The zero-order valence-electron chi connectivity index (χ0n) is 6.95. The summed E-state index contributed by atoms with van der Waals surface area (Å²) in [6, 6.07) is 0. The van der Waals surface area contributed by atoms with Crippen LogP contribution in [-0.2, 0) is 0 Å². The van der Waals surface area contributed by atoms with Gasteiger partial charge >= 0.3 is 0 Å². The molecule has 1 aliphatic rings. The van der Waals surface area contributed by atoms with Gasteiger partial charge in [-0.15, -0.1) is 0 Å². The molecule has 0 aromatic carbocycles. The van der Waals surface area contributed by atoms with E-state index in [0.29, 0.717) is 12.3 Å². The molecule has 0 heterocycles. The maximum Gasteiger partial charge on any atom is 0.0689 e. The summed E-state index contributed by atoms with van der Waals surface area (Å²) in [5, 5.41) is 18.9. The Bertz CT molecular complexity index is 132. The number of hydrogen-bond acceptors (Lipinski definition) is 3. The minimum atomic E-state index is -0.696. The van der Waals surface area contributed by atoms with Crippen LogP contribution >= 0.6 is 0 Å². The van der Waals surface area contributed by atoms with Crippen LogP contribution in [0.15, 0.2) is 0 Å². The monoisotopic (exact) mass is 159 g/mol. The normalized spacial score (nSPS) is 26.2. The molecule has 0 radical (unpaired) electrons. The highest BCUT2D eigenvalue weighted by molar-refractivity contribution is 4.92. The Morgan fingerprint density at radius 2 is 2.18 bits per heavy atom. The molecule has 0 aromatic heterocycles. The third kappa shape index (κ3) is 2.43. The molecule has 4 N–H and O–H groups in total. The quantitative estimate of drug-likeness (QED) is 0.534. The molecule has 0 saturated heterocycles. The van der Waals surface area contributed by atoms with Gasteiger partial charge in [0.2, 0.25) is 0 Å². The third-order valence-electron chi connectivity index (χ3n) is 2.38. The zero-order chi connectivity index (χ0) is 8.48. The Balaban J connectivity index is 2.32. The zero-order valence-corrected chi connectivity index (χ0v) is 6.95. The first-order valence-electron chi connectivity index (χ1n) is 4.17. The number of hydrogen-bond donors (Lipinski definition) is 3. The molecule has 0 aromatic rings. The third-order valence-corrected chi connectivity index (χ3v) is 2.38. The van der Waals surface area contributed by atoms with Crippen LogP contribution in [0.5, 0.6) is 0 Å². The highest BCUT2D eigenvalue weighted by atomic mass is 16.3. The summed E-state index contributed by atoms with van der Waals surface area (Å²) in [6.45, 7) is 2.02. The minimum absolute atomic E-state index is 0.239. The van der Waals surface area contributed by atoms with Gasteiger partial charge in [-0.1, -0.05) is 0 Å². The van der Waals surface area contributed by atoms with Crippen molar-refractivity contribution in [1.29, 1.82) is 0 Å². The summed E-state index contributed by atoms with van der Waals surface area (Å²) < 4.78 is 0. The smallest absolute Gasteiger partial charge is 0.0689 e. The van der Waals surface area contributed by atoms with Crippen LogP contribution in [0.25, 0.3) is 0 Å². The maximum absolute atomic E-state index is 9.74. The van der Waals surface area contributed by atoms with Gasteiger partial charge in [0.1, 0.15) is 0 Å². The predicted molar refractivity (Wildman–Crippen MR) is 43.0 cm³/mol. The van der Waals surface area contributed by atoms with Crippen molar-refractivity contribution in [1.82, 2.24) is 0 Å². The first-order chi connectivity index (χ1) is 5.06. The molecule has 1 saturated carbocycles. The molecule has 2 unspecified atom stereocenters. The summed E-state index contributed by atoms with van der Waals surface area (Å²) >= 11 is 0. The predicted octanol–water partition coefficient (Wildman–Crippen LogP) is -0.143. The first kappa shape index (κ1) is 8.97. The van der Waals surface area contributed by atoms with E-state index in [-0.39, 0.29) is 6.54 Å². The van der Waals surface area contributed by atoms with Gasteiger partial charge in [0, 0.05) is 13.0 Å². The van der Waals surface area contributed by atoms with Gasteiger partial charge in [-0.25, -0.2) is 0 Å². The molecule has 1 aliphatic carbocycles. The van der Waals surface area contributed by atoms with E-state index in [0.717, 1.165) is 12.8 Å². The molecule has 0 spiro atoms. The van der Waals surface area contributed by atoms with Crippen molar-refractivity contribution in [3.8, 4) is 0 Å². The van der Waals surface area contributed by atoms with E-state index in [1.165, 1.54) is 0 Å². The molecule has 0 bridgehead atoms. The number of aliphatic hydroxyl groups is 2. The van der Waals surface area contributed by atoms with Crippen molar-refractivity contribution >= 4 is 0 Å². The second-order valence-corrected chi connectivity index (χ2v) is 3.73. The van der Waals surface area contributed by atoms with Crippen LogP contribution in [0.1, 0.15) is 26.2 Å². The second kappa shape index (κ2) is 3.09. The van der Waals surface area contributed by atoms with Gasteiger partial charge < -0.3 is 15.9 Å². The Kier molecular flexibility index (Phi) is 2.52. The summed E-state index contributed by atoms with van der Waals surface area (Å²) in [6.07, 6.45) is 2.04. The van der Waals surface area contributed by atoms with E-state index < -0.39 is 11.7 Å². The summed E-state index contributed by atoms with van der Waals surface area (Å²) in [4.78, 5) is 0. The summed E-state index contributed by atoms with van der Waals surface area (Å²) in [7, 11) is 0. The number of nitrogens with two attached hydrogens (primary N) is 1. The van der Waals surface area contributed by atoms with Gasteiger partial charge in [-0.2, -0.15) is 0 Å². The lowest BCUT2D eigenvalue weighted by atomic mass is 9.93. The molecule has 66 valence electrons.